The summed E-state index contributed by atoms with van der Waals surface area (Å²) in [6, 6.07) is 12.1. The lowest BCUT2D eigenvalue weighted by Gasteiger charge is -2.11. The van der Waals surface area contributed by atoms with Gasteiger partial charge in [-0.3, -0.25) is 0 Å². The number of fused-ring (bicyclic) bond motifs is 1. The predicted molar refractivity (Wildman–Crippen MR) is 90.0 cm³/mol. The maximum atomic E-state index is 12.9. The molecular weight excluding hydrogens is 366 g/mol. The molecule has 0 atom stereocenters. The number of aromatic nitrogens is 1. The van der Waals surface area contributed by atoms with Crippen LogP contribution in [0.15, 0.2) is 58.0 Å². The standard InChI is InChI=1S/C16H14BrNO3S/c1-11-3-5-12(6-4-11)22(19,20)18-10-9-13-14(17)7-8-15(21-2)16(13)18/h3-10H,1-2H3. The van der Waals surface area contributed by atoms with E-state index in [0.717, 1.165) is 15.4 Å². The largest absolute Gasteiger partial charge is 0.495 e. The van der Waals surface area contributed by atoms with Gasteiger partial charge < -0.3 is 4.74 Å². The molecule has 0 N–H and O–H groups in total. The lowest BCUT2D eigenvalue weighted by molar-refractivity contribution is 0.418. The molecule has 3 aromatic rings. The predicted octanol–water partition coefficient (Wildman–Crippen LogP) is 3.96. The van der Waals surface area contributed by atoms with Crippen molar-refractivity contribution in [3.63, 3.8) is 0 Å². The average Bonchev–Trinajstić information content (AvgIpc) is 2.95. The van der Waals surface area contributed by atoms with Gasteiger partial charge in [0.2, 0.25) is 0 Å². The summed E-state index contributed by atoms with van der Waals surface area (Å²) in [4.78, 5) is 0.248. The first-order valence-electron chi connectivity index (χ1n) is 6.61. The van der Waals surface area contributed by atoms with Gasteiger partial charge in [-0.05, 0) is 37.3 Å². The van der Waals surface area contributed by atoms with Crippen molar-refractivity contribution in [1.82, 2.24) is 3.97 Å². The van der Waals surface area contributed by atoms with Crippen molar-refractivity contribution in [2.75, 3.05) is 7.11 Å². The van der Waals surface area contributed by atoms with Gasteiger partial charge in [-0.2, -0.15) is 0 Å². The van der Waals surface area contributed by atoms with Crippen molar-refractivity contribution >= 4 is 36.9 Å². The molecule has 114 valence electrons. The molecular formula is C16H14BrNO3S. The number of benzene rings is 2. The lowest BCUT2D eigenvalue weighted by Crippen LogP contribution is -2.12. The van der Waals surface area contributed by atoms with Crippen LogP contribution in [0.3, 0.4) is 0 Å². The van der Waals surface area contributed by atoms with Crippen LogP contribution in [0.25, 0.3) is 10.9 Å². The quantitative estimate of drug-likeness (QED) is 0.691. The topological polar surface area (TPSA) is 48.3 Å². The first-order chi connectivity index (χ1) is 10.4. The van der Waals surface area contributed by atoms with Gasteiger partial charge in [0.1, 0.15) is 11.3 Å². The molecule has 0 saturated heterocycles. The number of hydrogen-bond acceptors (Lipinski definition) is 3. The Balaban J connectivity index is 2.30. The molecule has 1 aromatic heterocycles. The monoisotopic (exact) mass is 379 g/mol. The molecule has 0 aliphatic carbocycles. The Bertz CT molecular complexity index is 943. The Morgan fingerprint density at radius 1 is 1.05 bits per heavy atom. The van der Waals surface area contributed by atoms with Crippen molar-refractivity contribution in [2.24, 2.45) is 0 Å². The van der Waals surface area contributed by atoms with Crippen molar-refractivity contribution < 1.29 is 13.2 Å². The van der Waals surface area contributed by atoms with Crippen LogP contribution in [0, 0.1) is 6.92 Å². The van der Waals surface area contributed by atoms with Crippen molar-refractivity contribution in [1.29, 1.82) is 0 Å². The first-order valence-corrected chi connectivity index (χ1v) is 8.84. The molecule has 6 heteroatoms. The summed E-state index contributed by atoms with van der Waals surface area (Å²) < 4.78 is 33.2. The number of rotatable bonds is 3. The highest BCUT2D eigenvalue weighted by molar-refractivity contribution is 9.10. The zero-order chi connectivity index (χ0) is 15.9. The van der Waals surface area contributed by atoms with E-state index in [0.29, 0.717) is 11.3 Å². The summed E-state index contributed by atoms with van der Waals surface area (Å²) in [6.45, 7) is 1.92. The second-order valence-corrected chi connectivity index (χ2v) is 7.61. The fraction of sp³-hybridized carbons (Fsp3) is 0.125. The third-order valence-corrected chi connectivity index (χ3v) is 5.90. The third-order valence-electron chi connectivity index (χ3n) is 3.52. The van der Waals surface area contributed by atoms with Crippen LogP contribution in [0.5, 0.6) is 5.75 Å². The number of ether oxygens (including phenoxy) is 1. The highest BCUT2D eigenvalue weighted by Crippen LogP contribution is 2.34. The van der Waals surface area contributed by atoms with Crippen molar-refractivity contribution in [2.45, 2.75) is 11.8 Å². The second kappa shape index (κ2) is 5.44. The minimum atomic E-state index is -3.67. The van der Waals surface area contributed by atoms with Gasteiger partial charge in [0, 0.05) is 16.1 Å². The number of hydrogen-bond donors (Lipinski definition) is 0. The SMILES string of the molecule is COc1ccc(Br)c2ccn(S(=O)(=O)c3ccc(C)cc3)c12. The fourth-order valence-corrected chi connectivity index (χ4v) is 4.16. The van der Waals surface area contributed by atoms with Crippen LogP contribution >= 0.6 is 15.9 Å². The summed E-state index contributed by atoms with van der Waals surface area (Å²) in [6.07, 6.45) is 1.55. The van der Waals surface area contributed by atoms with E-state index >= 15 is 0 Å². The molecule has 0 aliphatic heterocycles. The summed E-state index contributed by atoms with van der Waals surface area (Å²) >= 11 is 3.44. The van der Waals surface area contributed by atoms with E-state index in [9.17, 15) is 8.42 Å². The Hall–Kier alpha value is -1.79. The molecule has 0 unspecified atom stereocenters. The van der Waals surface area contributed by atoms with Gasteiger partial charge in [-0.1, -0.05) is 33.6 Å². The van der Waals surface area contributed by atoms with Gasteiger partial charge in [0.05, 0.1) is 12.0 Å². The summed E-state index contributed by atoms with van der Waals surface area (Å²) in [5.74, 6) is 0.513. The van der Waals surface area contributed by atoms with E-state index < -0.39 is 10.0 Å². The third kappa shape index (κ3) is 2.32. The maximum absolute atomic E-state index is 12.9. The van der Waals surface area contributed by atoms with Gasteiger partial charge in [0.25, 0.3) is 10.0 Å². The smallest absolute Gasteiger partial charge is 0.268 e. The normalized spacial score (nSPS) is 11.8. The number of methoxy groups -OCH3 is 1. The van der Waals surface area contributed by atoms with E-state index in [1.165, 1.54) is 11.1 Å². The van der Waals surface area contributed by atoms with Gasteiger partial charge in [-0.15, -0.1) is 0 Å². The highest BCUT2D eigenvalue weighted by Gasteiger charge is 2.21. The van der Waals surface area contributed by atoms with Crippen molar-refractivity contribution in [3.05, 3.63) is 58.7 Å². The van der Waals surface area contributed by atoms with E-state index in [1.54, 1.807) is 42.6 Å². The summed E-state index contributed by atoms with van der Waals surface area (Å²) in [5.41, 5.74) is 1.54. The Labute approximate surface area is 137 Å². The Morgan fingerprint density at radius 2 is 1.73 bits per heavy atom. The minimum absolute atomic E-state index is 0.248. The zero-order valence-corrected chi connectivity index (χ0v) is 14.5. The zero-order valence-electron chi connectivity index (χ0n) is 12.1. The molecule has 2 aromatic carbocycles. The molecule has 0 spiro atoms. The van der Waals surface area contributed by atoms with Crippen molar-refractivity contribution in [3.8, 4) is 5.75 Å². The highest BCUT2D eigenvalue weighted by atomic mass is 79.9. The number of aryl methyl sites for hydroxylation is 1. The number of nitrogens with zero attached hydrogens (tertiary/aromatic N) is 1. The molecule has 22 heavy (non-hydrogen) atoms. The van der Waals surface area contributed by atoms with E-state index in [2.05, 4.69) is 15.9 Å². The fourth-order valence-electron chi connectivity index (χ4n) is 2.35. The molecule has 0 amide bonds. The first kappa shape index (κ1) is 15.1. The Kier molecular flexibility index (Phi) is 3.74. The van der Waals surface area contributed by atoms with Crippen LogP contribution in [0.2, 0.25) is 0 Å². The lowest BCUT2D eigenvalue weighted by atomic mass is 10.2. The molecule has 0 bridgehead atoms. The van der Waals surface area contributed by atoms with Gasteiger partial charge in [-0.25, -0.2) is 12.4 Å². The summed E-state index contributed by atoms with van der Waals surface area (Å²) in [5, 5.41) is 0.787. The van der Waals surface area contributed by atoms with Gasteiger partial charge >= 0.3 is 0 Å². The van der Waals surface area contributed by atoms with E-state index in [-0.39, 0.29) is 4.90 Å². The minimum Gasteiger partial charge on any atom is -0.495 e. The number of halogens is 1. The van der Waals surface area contributed by atoms with E-state index in [1.807, 2.05) is 13.0 Å². The van der Waals surface area contributed by atoms with Crippen LogP contribution in [-0.2, 0) is 10.0 Å². The van der Waals surface area contributed by atoms with Crippen LogP contribution in [0.1, 0.15) is 5.56 Å². The van der Waals surface area contributed by atoms with Gasteiger partial charge in [0.15, 0.2) is 0 Å². The molecule has 0 saturated carbocycles. The Morgan fingerprint density at radius 3 is 2.36 bits per heavy atom. The second-order valence-electron chi connectivity index (χ2n) is 4.94. The molecule has 0 radical (unpaired) electrons. The maximum Gasteiger partial charge on any atom is 0.268 e. The molecule has 1 heterocycles. The van der Waals surface area contributed by atoms with Crippen LogP contribution in [-0.4, -0.2) is 19.5 Å². The van der Waals surface area contributed by atoms with Crippen LogP contribution in [0.4, 0.5) is 0 Å². The van der Waals surface area contributed by atoms with Crippen LogP contribution < -0.4 is 4.74 Å². The molecule has 4 nitrogen and oxygen atoms in total. The molecule has 0 fully saturated rings. The molecule has 3 rings (SSSR count). The average molecular weight is 380 g/mol. The van der Waals surface area contributed by atoms with E-state index in [4.69, 9.17) is 4.74 Å². The molecule has 0 aliphatic rings. The summed E-state index contributed by atoms with van der Waals surface area (Å²) in [7, 11) is -2.15.